The van der Waals surface area contributed by atoms with Crippen LogP contribution in [-0.4, -0.2) is 4.95 Å². The Morgan fingerprint density at radius 1 is 1.38 bits per heavy atom. The standard InChI is InChI=1S/C3HBr3N2/c4-1-2(5)7-8-3(1)6/h2H/t2-/m1/s1. The van der Waals surface area contributed by atoms with Gasteiger partial charge in [0, 0.05) is 0 Å². The van der Waals surface area contributed by atoms with Gasteiger partial charge >= 0.3 is 0 Å². The van der Waals surface area contributed by atoms with Crippen LogP contribution in [0.15, 0.2) is 19.3 Å². The molecule has 0 aliphatic carbocycles. The maximum atomic E-state index is 3.77. The molecule has 0 aromatic carbocycles. The summed E-state index contributed by atoms with van der Waals surface area (Å²) in [5.41, 5.74) is 0. The highest BCUT2D eigenvalue weighted by atomic mass is 79.9. The van der Waals surface area contributed by atoms with Crippen molar-refractivity contribution >= 4 is 47.8 Å². The SMILES string of the molecule is BrC1=C(Br)[C@H](Br)N=N1. The van der Waals surface area contributed by atoms with Gasteiger partial charge in [-0.15, -0.1) is 5.11 Å². The third-order valence-electron chi connectivity index (χ3n) is 0.653. The number of hydrogen-bond donors (Lipinski definition) is 0. The number of nitrogens with zero attached hydrogens (tertiary/aromatic N) is 2. The molecule has 1 aliphatic rings. The molecule has 44 valence electrons. The van der Waals surface area contributed by atoms with Crippen LogP contribution in [0.4, 0.5) is 0 Å². The van der Waals surface area contributed by atoms with Gasteiger partial charge in [-0.3, -0.25) is 0 Å². The van der Waals surface area contributed by atoms with E-state index in [1.54, 1.807) is 0 Å². The Kier molecular flexibility index (Phi) is 2.22. The van der Waals surface area contributed by atoms with Crippen molar-refractivity contribution in [2.24, 2.45) is 10.2 Å². The number of alkyl halides is 1. The molecule has 2 nitrogen and oxygen atoms in total. The van der Waals surface area contributed by atoms with Crippen LogP contribution in [-0.2, 0) is 0 Å². The van der Waals surface area contributed by atoms with Crippen molar-refractivity contribution in [1.82, 2.24) is 0 Å². The number of azo groups is 1. The quantitative estimate of drug-likeness (QED) is 0.485. The molecule has 0 spiro atoms. The molecule has 0 unspecified atom stereocenters. The predicted octanol–water partition coefficient (Wildman–Crippen LogP) is 3.13. The van der Waals surface area contributed by atoms with Gasteiger partial charge in [-0.1, -0.05) is 15.9 Å². The van der Waals surface area contributed by atoms with Crippen molar-refractivity contribution in [2.45, 2.75) is 4.95 Å². The highest BCUT2D eigenvalue weighted by molar-refractivity contribution is 9.15. The summed E-state index contributed by atoms with van der Waals surface area (Å²) in [5.74, 6) is 0. The Morgan fingerprint density at radius 3 is 2.12 bits per heavy atom. The molecule has 1 atom stereocenters. The van der Waals surface area contributed by atoms with E-state index in [4.69, 9.17) is 0 Å². The summed E-state index contributed by atoms with van der Waals surface area (Å²) in [7, 11) is 0. The Balaban J connectivity index is 2.85. The highest BCUT2D eigenvalue weighted by Crippen LogP contribution is 2.33. The summed E-state index contributed by atoms with van der Waals surface area (Å²) in [6.45, 7) is 0. The first kappa shape index (κ1) is 6.89. The van der Waals surface area contributed by atoms with Crippen LogP contribution in [0.2, 0.25) is 0 Å². The van der Waals surface area contributed by atoms with Gasteiger partial charge in [0.2, 0.25) is 0 Å². The second kappa shape index (κ2) is 2.58. The van der Waals surface area contributed by atoms with Crippen molar-refractivity contribution in [3.63, 3.8) is 0 Å². The van der Waals surface area contributed by atoms with E-state index in [-0.39, 0.29) is 4.95 Å². The third-order valence-corrected chi connectivity index (χ3v) is 3.84. The Hall–Kier alpha value is 0.780. The van der Waals surface area contributed by atoms with Crippen LogP contribution in [0.3, 0.4) is 0 Å². The fourth-order valence-electron chi connectivity index (χ4n) is 0.298. The Labute approximate surface area is 71.8 Å². The van der Waals surface area contributed by atoms with Crippen molar-refractivity contribution in [1.29, 1.82) is 0 Å². The lowest BCUT2D eigenvalue weighted by atomic mass is 10.6. The van der Waals surface area contributed by atoms with Crippen LogP contribution in [0.5, 0.6) is 0 Å². The molecule has 1 aliphatic heterocycles. The summed E-state index contributed by atoms with van der Waals surface area (Å²) in [5, 5.41) is 7.50. The summed E-state index contributed by atoms with van der Waals surface area (Å²) in [6, 6.07) is 0. The minimum Gasteiger partial charge on any atom is -0.167 e. The first-order valence-corrected chi connectivity index (χ1v) is 4.32. The zero-order valence-electron chi connectivity index (χ0n) is 3.61. The topological polar surface area (TPSA) is 24.7 Å². The van der Waals surface area contributed by atoms with Gasteiger partial charge in [-0.25, -0.2) is 0 Å². The molecular weight excluding hydrogens is 304 g/mol. The monoisotopic (exact) mass is 302 g/mol. The van der Waals surface area contributed by atoms with Gasteiger partial charge in [0.1, 0.15) is 4.61 Å². The first-order chi connectivity index (χ1) is 3.72. The molecule has 0 radical (unpaired) electrons. The second-order valence-electron chi connectivity index (χ2n) is 1.19. The van der Waals surface area contributed by atoms with Gasteiger partial charge in [-0.2, -0.15) is 5.11 Å². The van der Waals surface area contributed by atoms with Gasteiger partial charge in [-0.05, 0) is 31.9 Å². The van der Waals surface area contributed by atoms with E-state index in [1.807, 2.05) is 0 Å². The van der Waals surface area contributed by atoms with E-state index in [1.165, 1.54) is 0 Å². The average Bonchev–Trinajstić information content (AvgIpc) is 1.98. The molecule has 0 aromatic heterocycles. The molecule has 0 N–H and O–H groups in total. The van der Waals surface area contributed by atoms with E-state index < -0.39 is 0 Å². The van der Waals surface area contributed by atoms with Crippen LogP contribution in [0.1, 0.15) is 0 Å². The van der Waals surface area contributed by atoms with Crippen molar-refractivity contribution < 1.29 is 0 Å². The molecule has 1 rings (SSSR count). The maximum Gasteiger partial charge on any atom is 0.160 e. The van der Waals surface area contributed by atoms with Gasteiger partial charge in [0.25, 0.3) is 0 Å². The highest BCUT2D eigenvalue weighted by Gasteiger charge is 2.15. The molecule has 1 heterocycles. The molecule has 0 saturated heterocycles. The maximum absolute atomic E-state index is 3.77. The van der Waals surface area contributed by atoms with Crippen LogP contribution < -0.4 is 0 Å². The van der Waals surface area contributed by atoms with E-state index in [0.717, 1.165) is 9.09 Å². The lowest BCUT2D eigenvalue weighted by Crippen LogP contribution is -1.84. The molecule has 0 amide bonds. The molecule has 8 heavy (non-hydrogen) atoms. The fraction of sp³-hybridized carbons (Fsp3) is 0.333. The molecule has 0 aromatic rings. The summed E-state index contributed by atoms with van der Waals surface area (Å²) in [4.78, 5) is 0.0110. The lowest BCUT2D eigenvalue weighted by Gasteiger charge is -1.89. The zero-order chi connectivity index (χ0) is 6.15. The van der Waals surface area contributed by atoms with Crippen LogP contribution in [0.25, 0.3) is 0 Å². The minimum absolute atomic E-state index is 0.0110. The Morgan fingerprint density at radius 2 is 2.00 bits per heavy atom. The normalized spacial score (nSPS) is 27.6. The summed E-state index contributed by atoms with van der Waals surface area (Å²) in [6.07, 6.45) is 0. The van der Waals surface area contributed by atoms with E-state index in [9.17, 15) is 0 Å². The second-order valence-corrected chi connectivity index (χ2v) is 3.66. The van der Waals surface area contributed by atoms with E-state index in [2.05, 4.69) is 58.0 Å². The van der Waals surface area contributed by atoms with Gasteiger partial charge in [0.15, 0.2) is 4.95 Å². The predicted molar refractivity (Wildman–Crippen MR) is 42.5 cm³/mol. The zero-order valence-corrected chi connectivity index (χ0v) is 8.36. The molecule has 5 heteroatoms. The Bertz CT molecular complexity index is 162. The minimum atomic E-state index is 0.0110. The van der Waals surface area contributed by atoms with Gasteiger partial charge in [0.05, 0.1) is 4.48 Å². The number of hydrogen-bond acceptors (Lipinski definition) is 2. The van der Waals surface area contributed by atoms with E-state index in [0.29, 0.717) is 0 Å². The smallest absolute Gasteiger partial charge is 0.160 e. The van der Waals surface area contributed by atoms with Crippen LogP contribution >= 0.6 is 47.8 Å². The average molecular weight is 305 g/mol. The van der Waals surface area contributed by atoms with Crippen molar-refractivity contribution in [3.8, 4) is 0 Å². The van der Waals surface area contributed by atoms with Crippen molar-refractivity contribution in [2.75, 3.05) is 0 Å². The number of halogens is 3. The first-order valence-electron chi connectivity index (χ1n) is 1.82. The molecule has 0 bridgehead atoms. The lowest BCUT2D eigenvalue weighted by molar-refractivity contribution is 1.09. The summed E-state index contributed by atoms with van der Waals surface area (Å²) < 4.78 is 1.71. The molecular formula is C3HBr3N2. The van der Waals surface area contributed by atoms with Crippen molar-refractivity contribution in [3.05, 3.63) is 9.09 Å². The summed E-state index contributed by atoms with van der Waals surface area (Å²) >= 11 is 9.70. The molecule has 0 fully saturated rings. The van der Waals surface area contributed by atoms with E-state index >= 15 is 0 Å². The number of rotatable bonds is 0. The molecule has 0 saturated carbocycles. The van der Waals surface area contributed by atoms with Crippen LogP contribution in [0, 0.1) is 0 Å². The third kappa shape index (κ3) is 1.19. The van der Waals surface area contributed by atoms with Gasteiger partial charge < -0.3 is 0 Å². The largest absolute Gasteiger partial charge is 0.167 e. The fourth-order valence-corrected chi connectivity index (χ4v) is 1.39.